The number of thioether (sulfide) groups is 1. The van der Waals surface area contributed by atoms with Gasteiger partial charge in [-0.15, -0.1) is 11.8 Å². The van der Waals surface area contributed by atoms with Gasteiger partial charge in [0.15, 0.2) is 0 Å². The fourth-order valence-electron chi connectivity index (χ4n) is 1.96. The Balaban J connectivity index is 2.14. The van der Waals surface area contributed by atoms with Gasteiger partial charge in [0.2, 0.25) is 5.91 Å². The summed E-state index contributed by atoms with van der Waals surface area (Å²) in [5.41, 5.74) is 9.00. The Morgan fingerprint density at radius 2 is 1.95 bits per heavy atom. The van der Waals surface area contributed by atoms with Crippen molar-refractivity contribution in [1.82, 2.24) is 5.43 Å². The minimum atomic E-state index is -0.411. The van der Waals surface area contributed by atoms with E-state index in [9.17, 15) is 9.18 Å². The van der Waals surface area contributed by atoms with Gasteiger partial charge in [-0.25, -0.2) is 10.2 Å². The molecule has 2 aromatic rings. The average molecular weight is 305 g/mol. The summed E-state index contributed by atoms with van der Waals surface area (Å²) >= 11 is 1.36. The van der Waals surface area contributed by atoms with Crippen LogP contribution >= 0.6 is 11.8 Å². The minimum Gasteiger partial charge on any atom is -0.399 e. The fourth-order valence-corrected chi connectivity index (χ4v) is 3.07. The summed E-state index contributed by atoms with van der Waals surface area (Å²) in [4.78, 5) is 12.6. The topological polar surface area (TPSA) is 81.1 Å². The first-order valence-electron chi connectivity index (χ1n) is 6.34. The van der Waals surface area contributed by atoms with Gasteiger partial charge in [0.25, 0.3) is 0 Å². The number of carbonyl (C=O) groups excluding carboxylic acids is 1. The van der Waals surface area contributed by atoms with Gasteiger partial charge in [-0.1, -0.05) is 30.3 Å². The van der Waals surface area contributed by atoms with Crippen LogP contribution in [0.2, 0.25) is 0 Å². The summed E-state index contributed by atoms with van der Waals surface area (Å²) in [6.07, 6.45) is 0. The zero-order chi connectivity index (χ0) is 15.2. The summed E-state index contributed by atoms with van der Waals surface area (Å²) in [6, 6.07) is 13.6. The highest BCUT2D eigenvalue weighted by molar-refractivity contribution is 7.99. The van der Waals surface area contributed by atoms with Crippen LogP contribution in [0.5, 0.6) is 0 Å². The van der Waals surface area contributed by atoms with Crippen LogP contribution in [-0.2, 0) is 4.79 Å². The third-order valence-corrected chi connectivity index (χ3v) is 4.04. The van der Waals surface area contributed by atoms with Gasteiger partial charge in [0.1, 0.15) is 5.82 Å². The van der Waals surface area contributed by atoms with Gasteiger partial charge < -0.3 is 5.73 Å². The smallest absolute Gasteiger partial charge is 0.242 e. The van der Waals surface area contributed by atoms with Gasteiger partial charge in [-0.3, -0.25) is 10.2 Å². The van der Waals surface area contributed by atoms with E-state index in [4.69, 9.17) is 11.6 Å². The lowest BCUT2D eigenvalue weighted by molar-refractivity contribution is -0.122. The lowest BCUT2D eigenvalue weighted by atomic mass is 10.0. The molecule has 0 bridgehead atoms. The molecule has 5 N–H and O–H groups in total. The normalized spacial score (nSPS) is 11.9. The first-order valence-corrected chi connectivity index (χ1v) is 7.33. The Morgan fingerprint density at radius 3 is 2.57 bits per heavy atom. The number of carbonyl (C=O) groups is 1. The van der Waals surface area contributed by atoms with E-state index in [2.05, 4.69) is 5.43 Å². The van der Waals surface area contributed by atoms with Crippen molar-refractivity contribution < 1.29 is 9.18 Å². The molecule has 6 heteroatoms. The predicted molar refractivity (Wildman–Crippen MR) is 83.0 cm³/mol. The van der Waals surface area contributed by atoms with Crippen molar-refractivity contribution in [3.8, 4) is 0 Å². The molecule has 2 rings (SSSR count). The lowest BCUT2D eigenvalue weighted by Gasteiger charge is -2.15. The number of hydrogen-bond donors (Lipinski definition) is 3. The van der Waals surface area contributed by atoms with E-state index in [1.165, 1.54) is 23.9 Å². The van der Waals surface area contributed by atoms with Gasteiger partial charge >= 0.3 is 0 Å². The predicted octanol–water partition coefficient (Wildman–Crippen LogP) is 2.27. The molecule has 2 aromatic carbocycles. The fraction of sp³-hybridized carbons (Fsp3) is 0.133. The van der Waals surface area contributed by atoms with Crippen molar-refractivity contribution in [2.24, 2.45) is 5.84 Å². The van der Waals surface area contributed by atoms with Crippen LogP contribution in [0.25, 0.3) is 0 Å². The molecule has 0 saturated carbocycles. The molecule has 110 valence electrons. The molecule has 4 nitrogen and oxygen atoms in total. The first kappa shape index (κ1) is 15.3. The van der Waals surface area contributed by atoms with Gasteiger partial charge in [0, 0.05) is 16.3 Å². The number of amides is 1. The third kappa shape index (κ3) is 4.21. The second kappa shape index (κ2) is 7.10. The molecule has 1 amide bonds. The van der Waals surface area contributed by atoms with Crippen molar-refractivity contribution in [1.29, 1.82) is 0 Å². The number of hydrazine groups is 1. The molecule has 0 aliphatic heterocycles. The van der Waals surface area contributed by atoms with Crippen LogP contribution in [-0.4, -0.2) is 11.7 Å². The molecule has 0 aliphatic rings. The molecule has 1 unspecified atom stereocenters. The number of rotatable bonds is 5. The molecular formula is C15H16FN3OS. The first-order chi connectivity index (χ1) is 10.1. The Bertz CT molecular complexity index is 601. The van der Waals surface area contributed by atoms with E-state index < -0.39 is 11.7 Å². The van der Waals surface area contributed by atoms with Gasteiger partial charge in [-0.2, -0.15) is 0 Å². The summed E-state index contributed by atoms with van der Waals surface area (Å²) in [6.45, 7) is 0. The average Bonchev–Trinajstić information content (AvgIpc) is 2.47. The highest BCUT2D eigenvalue weighted by Gasteiger charge is 2.20. The second-order valence-corrected chi connectivity index (χ2v) is 5.60. The van der Waals surface area contributed by atoms with Crippen molar-refractivity contribution in [3.63, 3.8) is 0 Å². The largest absolute Gasteiger partial charge is 0.399 e. The van der Waals surface area contributed by atoms with Crippen LogP contribution in [0.3, 0.4) is 0 Å². The molecule has 0 heterocycles. The summed E-state index contributed by atoms with van der Waals surface area (Å²) in [7, 11) is 0. The van der Waals surface area contributed by atoms with E-state index >= 15 is 0 Å². The maximum absolute atomic E-state index is 13.3. The number of halogens is 1. The third-order valence-electron chi connectivity index (χ3n) is 2.97. The van der Waals surface area contributed by atoms with Gasteiger partial charge in [0.05, 0.1) is 5.92 Å². The quantitative estimate of drug-likeness (QED) is 0.260. The summed E-state index contributed by atoms with van der Waals surface area (Å²) in [5.74, 6) is 4.60. The molecule has 0 saturated heterocycles. The van der Waals surface area contributed by atoms with E-state index in [-0.39, 0.29) is 5.91 Å². The highest BCUT2D eigenvalue weighted by Crippen LogP contribution is 2.28. The molecule has 0 radical (unpaired) electrons. The molecule has 0 spiro atoms. The molecule has 0 aromatic heterocycles. The zero-order valence-electron chi connectivity index (χ0n) is 11.3. The van der Waals surface area contributed by atoms with Crippen molar-refractivity contribution in [2.45, 2.75) is 10.8 Å². The van der Waals surface area contributed by atoms with E-state index in [1.54, 1.807) is 6.07 Å². The monoisotopic (exact) mass is 305 g/mol. The van der Waals surface area contributed by atoms with Crippen LogP contribution in [0.15, 0.2) is 53.4 Å². The van der Waals surface area contributed by atoms with Crippen LogP contribution in [0.4, 0.5) is 10.1 Å². The number of nitrogen functional groups attached to an aromatic ring is 1. The summed E-state index contributed by atoms with van der Waals surface area (Å²) in [5, 5.41) is 0. The van der Waals surface area contributed by atoms with E-state index in [1.807, 2.05) is 30.3 Å². The highest BCUT2D eigenvalue weighted by atomic mass is 32.2. The van der Waals surface area contributed by atoms with E-state index in [0.717, 1.165) is 5.56 Å². The van der Waals surface area contributed by atoms with Crippen LogP contribution in [0, 0.1) is 5.82 Å². The van der Waals surface area contributed by atoms with Crippen molar-refractivity contribution in [3.05, 3.63) is 59.9 Å². The Kier molecular flexibility index (Phi) is 5.19. The minimum absolute atomic E-state index is 0.280. The molecule has 1 atom stereocenters. The summed E-state index contributed by atoms with van der Waals surface area (Å²) < 4.78 is 13.3. The van der Waals surface area contributed by atoms with Crippen molar-refractivity contribution in [2.75, 3.05) is 11.5 Å². The molecular weight excluding hydrogens is 289 g/mol. The number of nitrogens with two attached hydrogens (primary N) is 2. The SMILES string of the molecule is NNC(=O)C(CSc1cc(N)cc(F)c1)c1ccccc1. The van der Waals surface area contributed by atoms with E-state index in [0.29, 0.717) is 16.3 Å². The Labute approximate surface area is 126 Å². The molecule has 21 heavy (non-hydrogen) atoms. The maximum Gasteiger partial charge on any atom is 0.242 e. The van der Waals surface area contributed by atoms with Gasteiger partial charge in [-0.05, 0) is 23.8 Å². The lowest BCUT2D eigenvalue weighted by Crippen LogP contribution is -2.35. The number of anilines is 1. The molecule has 0 aliphatic carbocycles. The molecule has 0 fully saturated rings. The second-order valence-electron chi connectivity index (χ2n) is 4.50. The standard InChI is InChI=1S/C15H16FN3OS/c16-11-6-12(17)8-13(7-11)21-9-14(15(20)19-18)10-4-2-1-3-5-10/h1-8,14H,9,17-18H2,(H,19,20). The van der Waals surface area contributed by atoms with Crippen molar-refractivity contribution >= 4 is 23.4 Å². The van der Waals surface area contributed by atoms with Crippen LogP contribution in [0.1, 0.15) is 11.5 Å². The number of benzene rings is 2. The Hall–Kier alpha value is -2.05. The van der Waals surface area contributed by atoms with Crippen LogP contribution < -0.4 is 17.0 Å². The number of hydrogen-bond acceptors (Lipinski definition) is 4. The maximum atomic E-state index is 13.3. The zero-order valence-corrected chi connectivity index (χ0v) is 12.1. The number of nitrogens with one attached hydrogen (secondary N) is 1. The Morgan fingerprint density at radius 1 is 1.24 bits per heavy atom.